The predicted octanol–water partition coefficient (Wildman–Crippen LogP) is 5.27. The van der Waals surface area contributed by atoms with Crippen LogP contribution in [0.15, 0.2) is 0 Å². The van der Waals surface area contributed by atoms with E-state index in [4.69, 9.17) is 4.74 Å². The van der Waals surface area contributed by atoms with Crippen LogP contribution in [0.5, 0.6) is 0 Å². The minimum absolute atomic E-state index is 0. The second-order valence-electron chi connectivity index (χ2n) is 1.40. The molecule has 0 spiro atoms. The molecule has 0 aliphatic rings. The molecule has 0 aromatic rings. The summed E-state index contributed by atoms with van der Waals surface area (Å²) in [6.07, 6.45) is 1.12. The summed E-state index contributed by atoms with van der Waals surface area (Å²) in [5, 5.41) is 0. The van der Waals surface area contributed by atoms with Gasteiger partial charge in [-0.2, -0.15) is 0 Å². The fourth-order valence-electron chi connectivity index (χ4n) is 0.204. The molecule has 2 nitrogen and oxygen atoms in total. The van der Waals surface area contributed by atoms with E-state index in [2.05, 4.69) is 11.7 Å². The fraction of sp³-hybridized carbons (Fsp3) is 1.00. The largest absolute Gasteiger partial charge is 0.388 e. The van der Waals surface area contributed by atoms with E-state index in [0.717, 1.165) is 13.0 Å². The molecule has 0 amide bonds. The van der Waals surface area contributed by atoms with Gasteiger partial charge < -0.3 is 9.47 Å². The summed E-state index contributed by atoms with van der Waals surface area (Å²) in [5.41, 5.74) is 0. The zero-order valence-electron chi connectivity index (χ0n) is 10.2. The van der Waals surface area contributed by atoms with Crippen LogP contribution in [0.2, 0.25) is 0 Å². The van der Waals surface area contributed by atoms with Crippen LogP contribution in [-0.2, 0) is 9.47 Å². The smallest absolute Gasteiger partial charge is 0.0459 e. The average Bonchev–Trinajstić information content (AvgIpc) is 2.14. The Bertz CT molecular complexity index is 22.5. The summed E-state index contributed by atoms with van der Waals surface area (Å²) in [7, 11) is 4.96. The third kappa shape index (κ3) is 537. The molecule has 0 aromatic carbocycles. The second kappa shape index (κ2) is 151. The number of rotatable bonds is 2. The van der Waals surface area contributed by atoms with E-state index in [1.165, 1.54) is 0 Å². The van der Waals surface area contributed by atoms with Gasteiger partial charge in [0, 0.05) is 27.9 Å². The lowest BCUT2D eigenvalue weighted by atomic mass is 10.5. The second-order valence-corrected chi connectivity index (χ2v) is 1.40. The predicted molar refractivity (Wildman–Crippen MR) is 78.0 cm³/mol. The topological polar surface area (TPSA) is 18.5 Å². The normalized spacial score (nSPS) is 4.80. The van der Waals surface area contributed by atoms with Crippen LogP contribution in [0.3, 0.4) is 0 Å². The molecule has 0 atom stereocenters. The Hall–Kier alpha value is -0.0800. The molecule has 0 saturated carbocycles. The highest BCUT2D eigenvalue weighted by molar-refractivity contribution is 4.15. The first-order valence-corrected chi connectivity index (χ1v) is 4.72. The van der Waals surface area contributed by atoms with Gasteiger partial charge in [-0.05, 0) is 6.42 Å². The van der Waals surface area contributed by atoms with Crippen LogP contribution < -0.4 is 0 Å². The first-order valence-electron chi connectivity index (χ1n) is 4.72. The molecule has 15 heavy (non-hydrogen) atoms. The molecule has 0 aliphatic heterocycles. The molecule has 2 heteroatoms. The van der Waals surface area contributed by atoms with Gasteiger partial charge in [-0.15, -0.1) is 0 Å². The maximum atomic E-state index is 4.69. The quantitative estimate of drug-likeness (QED) is 0.641. The maximum absolute atomic E-state index is 4.69. The molecule has 0 saturated heterocycles. The summed E-state index contributed by atoms with van der Waals surface area (Å²) in [6.45, 7) is 11.0. The highest BCUT2D eigenvalue weighted by Crippen LogP contribution is 1.70. The van der Waals surface area contributed by atoms with Gasteiger partial charge in [0.15, 0.2) is 0 Å². The Morgan fingerprint density at radius 3 is 0.933 bits per heavy atom. The van der Waals surface area contributed by atoms with E-state index < -0.39 is 0 Å². The molecule has 0 heterocycles. The first kappa shape index (κ1) is 46.1. The van der Waals surface area contributed by atoms with Crippen LogP contribution in [0, 0.1) is 0 Å². The van der Waals surface area contributed by atoms with E-state index in [-0.39, 0.29) is 22.3 Å². The lowest BCUT2D eigenvalue weighted by Crippen LogP contribution is -1.80. The van der Waals surface area contributed by atoms with E-state index in [9.17, 15) is 0 Å². The Balaban J connectivity index is -0.0000000115. The van der Waals surface area contributed by atoms with E-state index >= 15 is 0 Å². The molecule has 0 unspecified atom stereocenters. The highest BCUT2D eigenvalue weighted by atomic mass is 16.5. The van der Waals surface area contributed by atoms with Gasteiger partial charge in [0.1, 0.15) is 0 Å². The Morgan fingerprint density at radius 1 is 0.733 bits per heavy atom. The summed E-state index contributed by atoms with van der Waals surface area (Å²) >= 11 is 0. The van der Waals surface area contributed by atoms with E-state index in [1.54, 1.807) is 21.3 Å². The third-order valence-corrected chi connectivity index (χ3v) is 0.408. The first-order chi connectivity index (χ1) is 5.83. The van der Waals surface area contributed by atoms with Crippen LogP contribution in [0.4, 0.5) is 0 Å². The fourth-order valence-corrected chi connectivity index (χ4v) is 0.204. The third-order valence-electron chi connectivity index (χ3n) is 0.408. The molecule has 0 rings (SSSR count). The average molecular weight is 228 g/mol. The van der Waals surface area contributed by atoms with Crippen molar-refractivity contribution in [2.24, 2.45) is 0 Å². The Morgan fingerprint density at radius 2 is 0.933 bits per heavy atom. The minimum atomic E-state index is 0. The van der Waals surface area contributed by atoms with Crippen molar-refractivity contribution in [1.29, 1.82) is 0 Å². The zero-order chi connectivity index (χ0) is 10.8. The van der Waals surface area contributed by atoms with Crippen molar-refractivity contribution in [2.75, 3.05) is 27.9 Å². The number of ether oxygens (including phenoxy) is 2. The molecule has 0 N–H and O–H groups in total. The standard InChI is InChI=1S/C4H10O.C2H6O.2C2H6.3CH4/c1-3-4-5-2;1-3-2;2*1-2;;;/h3-4H2,1-2H3;1-2H3;2*1-2H3;3*1H4. The van der Waals surface area contributed by atoms with Gasteiger partial charge in [-0.1, -0.05) is 56.9 Å². The van der Waals surface area contributed by atoms with Gasteiger partial charge in [-0.25, -0.2) is 0 Å². The summed E-state index contributed by atoms with van der Waals surface area (Å²) in [5.74, 6) is 0. The van der Waals surface area contributed by atoms with Gasteiger partial charge in [0.25, 0.3) is 0 Å². The Kier molecular flexibility index (Phi) is 465. The van der Waals surface area contributed by atoms with Crippen LogP contribution in [0.25, 0.3) is 0 Å². The van der Waals surface area contributed by atoms with E-state index in [0.29, 0.717) is 0 Å². The molecule has 0 aromatic heterocycles. The van der Waals surface area contributed by atoms with Crippen molar-refractivity contribution in [3.63, 3.8) is 0 Å². The lowest BCUT2D eigenvalue weighted by molar-refractivity contribution is 0.199. The number of methoxy groups -OCH3 is 2. The SMILES string of the molecule is C.C.C.CC.CC.CCCOC.COC. The molecule has 0 fully saturated rings. The van der Waals surface area contributed by atoms with Crippen LogP contribution in [-0.4, -0.2) is 27.9 Å². The lowest BCUT2D eigenvalue weighted by Gasteiger charge is -1.84. The van der Waals surface area contributed by atoms with Crippen molar-refractivity contribution in [2.45, 2.75) is 63.3 Å². The molecular formula is C13H40O2. The van der Waals surface area contributed by atoms with Crippen molar-refractivity contribution in [1.82, 2.24) is 0 Å². The van der Waals surface area contributed by atoms with Crippen molar-refractivity contribution < 1.29 is 9.47 Å². The number of hydrogen-bond donors (Lipinski definition) is 0. The summed E-state index contributed by atoms with van der Waals surface area (Å²) in [6, 6.07) is 0. The van der Waals surface area contributed by atoms with Gasteiger partial charge in [0.05, 0.1) is 0 Å². The summed E-state index contributed by atoms with van der Waals surface area (Å²) in [4.78, 5) is 0. The molecule has 104 valence electrons. The monoisotopic (exact) mass is 228 g/mol. The number of hydrogen-bond acceptors (Lipinski definition) is 2. The van der Waals surface area contributed by atoms with Crippen molar-refractivity contribution >= 4 is 0 Å². The minimum Gasteiger partial charge on any atom is -0.388 e. The maximum Gasteiger partial charge on any atom is 0.0459 e. The molecule has 0 aliphatic carbocycles. The van der Waals surface area contributed by atoms with Crippen molar-refractivity contribution in [3.05, 3.63) is 0 Å². The van der Waals surface area contributed by atoms with Crippen molar-refractivity contribution in [3.8, 4) is 0 Å². The van der Waals surface area contributed by atoms with Gasteiger partial charge in [0.2, 0.25) is 0 Å². The highest BCUT2D eigenvalue weighted by Gasteiger charge is 1.66. The zero-order valence-corrected chi connectivity index (χ0v) is 10.2. The Labute approximate surface area is 101 Å². The van der Waals surface area contributed by atoms with Gasteiger partial charge in [-0.3, -0.25) is 0 Å². The molecular weight excluding hydrogens is 188 g/mol. The van der Waals surface area contributed by atoms with Gasteiger partial charge >= 0.3 is 0 Å². The van der Waals surface area contributed by atoms with Crippen LogP contribution >= 0.6 is 0 Å². The molecule has 0 radical (unpaired) electrons. The molecule has 0 bridgehead atoms. The van der Waals surface area contributed by atoms with E-state index in [1.807, 2.05) is 27.7 Å². The summed E-state index contributed by atoms with van der Waals surface area (Å²) < 4.78 is 8.94. The van der Waals surface area contributed by atoms with Crippen LogP contribution in [0.1, 0.15) is 63.3 Å².